The number of aromatic amines is 2. The molecule has 9 heteroatoms. The van der Waals surface area contributed by atoms with E-state index in [0.29, 0.717) is 29.5 Å². The predicted molar refractivity (Wildman–Crippen MR) is 110 cm³/mol. The minimum atomic E-state index is -0.518. The summed E-state index contributed by atoms with van der Waals surface area (Å²) in [5.74, 6) is 2.01. The largest absolute Gasteiger partial charge is 0.325 e. The van der Waals surface area contributed by atoms with E-state index in [1.807, 2.05) is 11.7 Å². The molecule has 3 atom stereocenters. The molecule has 2 N–H and O–H groups in total. The minimum absolute atomic E-state index is 0.172. The maximum atomic E-state index is 12.3. The van der Waals surface area contributed by atoms with Gasteiger partial charge in [0.05, 0.1) is 27.0 Å². The van der Waals surface area contributed by atoms with Gasteiger partial charge in [0.15, 0.2) is 0 Å². The predicted octanol–water partition coefficient (Wildman–Crippen LogP) is 2.41. The Bertz CT molecular complexity index is 1390. The molecule has 0 spiro atoms. The van der Waals surface area contributed by atoms with Crippen LogP contribution >= 0.6 is 11.3 Å². The van der Waals surface area contributed by atoms with Crippen LogP contribution in [0.5, 0.6) is 0 Å². The minimum Gasteiger partial charge on any atom is -0.313 e. The van der Waals surface area contributed by atoms with E-state index in [1.165, 1.54) is 16.5 Å². The maximum Gasteiger partial charge on any atom is 0.325 e. The van der Waals surface area contributed by atoms with Crippen LogP contribution < -0.4 is 11.2 Å². The lowest BCUT2D eigenvalue weighted by molar-refractivity contribution is 0.531. The quantitative estimate of drug-likeness (QED) is 0.546. The normalized spacial score (nSPS) is 23.0. The summed E-state index contributed by atoms with van der Waals surface area (Å²) in [4.78, 5) is 37.4. The van der Waals surface area contributed by atoms with Gasteiger partial charge < -0.3 is 4.98 Å². The summed E-state index contributed by atoms with van der Waals surface area (Å²) < 4.78 is 2.97. The van der Waals surface area contributed by atoms with Crippen LogP contribution in [0.2, 0.25) is 0 Å². The van der Waals surface area contributed by atoms with Crippen molar-refractivity contribution in [1.29, 1.82) is 0 Å². The first-order chi connectivity index (χ1) is 14.2. The number of fused-ring (bicyclic) bond motifs is 2. The molecular formula is C20H16N6O2S. The number of nitrogens with zero attached hydrogens (tertiary/aromatic N) is 4. The highest BCUT2D eigenvalue weighted by Gasteiger charge is 2.47. The van der Waals surface area contributed by atoms with Gasteiger partial charge in [-0.15, -0.1) is 11.3 Å². The number of nitrogens with one attached hydrogen (secondary N) is 2. The summed E-state index contributed by atoms with van der Waals surface area (Å²) in [6, 6.07) is 6.50. The molecule has 6 rings (SSSR count). The van der Waals surface area contributed by atoms with Crippen LogP contribution in [0, 0.1) is 5.92 Å². The van der Waals surface area contributed by atoms with Crippen LogP contribution in [0.1, 0.15) is 41.6 Å². The van der Waals surface area contributed by atoms with Crippen molar-refractivity contribution in [1.82, 2.24) is 24.6 Å². The van der Waals surface area contributed by atoms with Crippen LogP contribution in [0.4, 0.5) is 0 Å². The fraction of sp³-hybridized carbons (Fsp3) is 0.250. The van der Waals surface area contributed by atoms with Gasteiger partial charge in [0.2, 0.25) is 0 Å². The number of hydrogen-bond acceptors (Lipinski definition) is 6. The lowest BCUT2D eigenvalue weighted by atomic mass is 9.90. The Morgan fingerprint density at radius 2 is 2.10 bits per heavy atom. The number of rotatable bonds is 3. The maximum absolute atomic E-state index is 12.3. The Balaban J connectivity index is 1.35. The Labute approximate surface area is 168 Å². The molecule has 0 saturated heterocycles. The highest BCUT2D eigenvalue weighted by atomic mass is 32.1. The highest BCUT2D eigenvalue weighted by Crippen LogP contribution is 2.56. The third kappa shape index (κ3) is 2.69. The first kappa shape index (κ1) is 16.6. The number of thiazole rings is 1. The van der Waals surface area contributed by atoms with Gasteiger partial charge in [0.1, 0.15) is 5.82 Å². The molecule has 1 saturated carbocycles. The van der Waals surface area contributed by atoms with Crippen molar-refractivity contribution in [2.45, 2.75) is 24.7 Å². The SMILES string of the molecule is O=c1[nH]cc(C2=Nn3ccnc3C([C@H]3C[C@@H]3c3ccc4ncsc4c3)C2)c(=O)[nH]1. The zero-order valence-electron chi connectivity index (χ0n) is 15.2. The van der Waals surface area contributed by atoms with Crippen LogP contribution in [-0.2, 0) is 0 Å². The first-order valence-corrected chi connectivity index (χ1v) is 10.3. The van der Waals surface area contributed by atoms with E-state index in [9.17, 15) is 9.59 Å². The van der Waals surface area contributed by atoms with Crippen molar-refractivity contribution >= 4 is 27.3 Å². The molecule has 1 aromatic carbocycles. The molecule has 1 unspecified atom stereocenters. The third-order valence-corrected chi connectivity index (χ3v) is 6.68. The Hall–Kier alpha value is -3.33. The second-order valence-electron chi connectivity index (χ2n) is 7.56. The Kier molecular flexibility index (Phi) is 3.48. The monoisotopic (exact) mass is 404 g/mol. The molecule has 4 aromatic rings. The molecule has 144 valence electrons. The number of aromatic nitrogens is 5. The van der Waals surface area contributed by atoms with Crippen molar-refractivity contribution in [2.75, 3.05) is 0 Å². The van der Waals surface area contributed by atoms with Crippen molar-refractivity contribution in [3.8, 4) is 0 Å². The molecule has 1 aliphatic carbocycles. The molecule has 0 radical (unpaired) electrons. The topological polar surface area (TPSA) is 109 Å². The number of H-pyrrole nitrogens is 2. The van der Waals surface area contributed by atoms with Crippen molar-refractivity contribution in [3.63, 3.8) is 0 Å². The highest BCUT2D eigenvalue weighted by molar-refractivity contribution is 7.16. The second-order valence-corrected chi connectivity index (χ2v) is 8.44. The molecule has 3 aromatic heterocycles. The van der Waals surface area contributed by atoms with E-state index in [-0.39, 0.29) is 5.92 Å². The molecule has 4 heterocycles. The van der Waals surface area contributed by atoms with Crippen LogP contribution in [-0.4, -0.2) is 30.3 Å². The molecule has 0 bridgehead atoms. The molecule has 29 heavy (non-hydrogen) atoms. The fourth-order valence-electron chi connectivity index (χ4n) is 4.40. The number of imidazole rings is 1. The Morgan fingerprint density at radius 1 is 1.17 bits per heavy atom. The molecule has 1 fully saturated rings. The van der Waals surface area contributed by atoms with Crippen molar-refractivity contribution in [3.05, 3.63) is 80.1 Å². The van der Waals surface area contributed by atoms with Crippen LogP contribution in [0.25, 0.3) is 10.2 Å². The van der Waals surface area contributed by atoms with Gasteiger partial charge in [-0.2, -0.15) is 5.10 Å². The van der Waals surface area contributed by atoms with Gasteiger partial charge in [-0.25, -0.2) is 19.4 Å². The molecule has 8 nitrogen and oxygen atoms in total. The van der Waals surface area contributed by atoms with Gasteiger partial charge in [-0.1, -0.05) is 6.07 Å². The van der Waals surface area contributed by atoms with Gasteiger partial charge in [-0.3, -0.25) is 9.78 Å². The van der Waals surface area contributed by atoms with Crippen LogP contribution in [0.3, 0.4) is 0 Å². The van der Waals surface area contributed by atoms with Crippen LogP contribution in [0.15, 0.2) is 57.0 Å². The van der Waals surface area contributed by atoms with E-state index in [4.69, 9.17) is 0 Å². The lowest BCUT2D eigenvalue weighted by Crippen LogP contribution is -2.30. The summed E-state index contributed by atoms with van der Waals surface area (Å²) in [5.41, 5.74) is 4.38. The van der Waals surface area contributed by atoms with Crippen molar-refractivity contribution in [2.24, 2.45) is 11.0 Å². The summed E-state index contributed by atoms with van der Waals surface area (Å²) in [7, 11) is 0. The average Bonchev–Trinajstić information content (AvgIpc) is 3.13. The second kappa shape index (κ2) is 6.08. The van der Waals surface area contributed by atoms with E-state index >= 15 is 0 Å². The van der Waals surface area contributed by atoms with Gasteiger partial charge in [0, 0.05) is 30.9 Å². The van der Waals surface area contributed by atoms with Gasteiger partial charge in [-0.05, 0) is 36.0 Å². The summed E-state index contributed by atoms with van der Waals surface area (Å²) >= 11 is 1.66. The molecule has 2 aliphatic rings. The van der Waals surface area contributed by atoms with E-state index < -0.39 is 11.2 Å². The van der Waals surface area contributed by atoms with E-state index in [1.54, 1.807) is 22.2 Å². The summed E-state index contributed by atoms with van der Waals surface area (Å²) in [6.07, 6.45) is 6.70. The Morgan fingerprint density at radius 3 is 3.00 bits per heavy atom. The summed E-state index contributed by atoms with van der Waals surface area (Å²) in [5, 5.41) is 4.58. The lowest BCUT2D eigenvalue weighted by Gasteiger charge is -2.22. The van der Waals surface area contributed by atoms with E-state index in [2.05, 4.69) is 43.2 Å². The average molecular weight is 404 g/mol. The fourth-order valence-corrected chi connectivity index (χ4v) is 5.13. The van der Waals surface area contributed by atoms with E-state index in [0.717, 1.165) is 17.8 Å². The zero-order valence-corrected chi connectivity index (χ0v) is 16.0. The molecule has 1 aliphatic heterocycles. The van der Waals surface area contributed by atoms with Gasteiger partial charge >= 0.3 is 5.69 Å². The smallest absolute Gasteiger partial charge is 0.313 e. The van der Waals surface area contributed by atoms with Crippen molar-refractivity contribution < 1.29 is 0 Å². The first-order valence-electron chi connectivity index (χ1n) is 9.44. The zero-order chi connectivity index (χ0) is 19.5. The molecular weight excluding hydrogens is 388 g/mol. The summed E-state index contributed by atoms with van der Waals surface area (Å²) in [6.45, 7) is 0. The van der Waals surface area contributed by atoms with Gasteiger partial charge in [0.25, 0.3) is 5.56 Å². The molecule has 0 amide bonds. The number of hydrogen-bond donors (Lipinski definition) is 2. The third-order valence-electron chi connectivity index (χ3n) is 5.89. The number of benzene rings is 1. The standard InChI is InChI=1S/C20H16N6O2S/c27-19-14(8-22-20(28)24-19)16-7-13(18-21-3-4-26(18)25-16)12-6-11(12)10-1-2-15-17(5-10)29-9-23-15/h1-5,8-9,11-13H,6-7H2,(H2,22,24,27,28)/t11-,12+,13?/m1/s1.